The van der Waals surface area contributed by atoms with Crippen molar-refractivity contribution in [1.29, 1.82) is 0 Å². The Bertz CT molecular complexity index is 932. The third kappa shape index (κ3) is 6.03. The molecule has 172 valence electrons. The van der Waals surface area contributed by atoms with E-state index in [1.165, 1.54) is 18.9 Å². The maximum absolute atomic E-state index is 12.2. The Balaban J connectivity index is 1.51. The fourth-order valence-corrected chi connectivity index (χ4v) is 3.56. The number of carbonyl (C=O) groups is 1. The number of anilines is 2. The smallest absolute Gasteiger partial charge is 0.244 e. The number of hydrogen-bond acceptors (Lipinski definition) is 8. The lowest BCUT2D eigenvalue weighted by atomic mass is 10.1. The van der Waals surface area contributed by atoms with E-state index in [0.29, 0.717) is 30.3 Å². The lowest BCUT2D eigenvalue weighted by Crippen LogP contribution is -2.27. The van der Waals surface area contributed by atoms with Gasteiger partial charge in [-0.3, -0.25) is 4.79 Å². The van der Waals surface area contributed by atoms with Crippen LogP contribution in [0.4, 0.5) is 11.6 Å². The van der Waals surface area contributed by atoms with E-state index in [0.717, 1.165) is 36.1 Å². The Morgan fingerprint density at radius 2 is 1.72 bits per heavy atom. The Morgan fingerprint density at radius 3 is 2.34 bits per heavy atom. The molecule has 2 N–H and O–H groups in total. The quantitative estimate of drug-likeness (QED) is 0.429. The van der Waals surface area contributed by atoms with Gasteiger partial charge in [0.25, 0.3) is 0 Å². The number of aryl methyl sites for hydroxylation is 1. The number of benzene rings is 1. The highest BCUT2D eigenvalue weighted by Crippen LogP contribution is 2.38. The highest BCUT2D eigenvalue weighted by Gasteiger charge is 2.15. The van der Waals surface area contributed by atoms with E-state index in [1.54, 1.807) is 39.5 Å². The molecule has 1 amide bonds. The first-order chi connectivity index (χ1) is 15.5. The fourth-order valence-electron chi connectivity index (χ4n) is 3.56. The predicted octanol–water partition coefficient (Wildman–Crippen LogP) is 2.65. The first-order valence-corrected chi connectivity index (χ1v) is 10.6. The number of amides is 1. The summed E-state index contributed by atoms with van der Waals surface area (Å²) in [6.45, 7) is 4.97. The van der Waals surface area contributed by atoms with Crippen molar-refractivity contribution >= 4 is 23.6 Å². The maximum Gasteiger partial charge on any atom is 0.244 e. The summed E-state index contributed by atoms with van der Waals surface area (Å²) in [7, 11) is 4.66. The van der Waals surface area contributed by atoms with Crippen LogP contribution in [0.15, 0.2) is 24.3 Å². The standard InChI is InChI=1S/C23H31N5O4/c1-16-26-20(15-21(27-16)28-11-5-6-12-28)24-9-10-25-22(29)8-7-17-13-18(30-2)23(32-4)19(14-17)31-3/h7-8,13-15H,5-6,9-12H2,1-4H3,(H,25,29)(H,24,26,27)/b8-7+. The van der Waals surface area contributed by atoms with E-state index in [4.69, 9.17) is 14.2 Å². The van der Waals surface area contributed by atoms with E-state index in [1.807, 2.05) is 13.0 Å². The molecule has 9 nitrogen and oxygen atoms in total. The molecule has 1 aromatic heterocycles. The fraction of sp³-hybridized carbons (Fsp3) is 0.435. The molecular formula is C23H31N5O4. The second-order valence-corrected chi connectivity index (χ2v) is 7.36. The lowest BCUT2D eigenvalue weighted by molar-refractivity contribution is -0.116. The number of ether oxygens (including phenoxy) is 3. The van der Waals surface area contributed by atoms with Gasteiger partial charge < -0.3 is 29.7 Å². The van der Waals surface area contributed by atoms with Gasteiger partial charge in [0, 0.05) is 38.3 Å². The molecule has 32 heavy (non-hydrogen) atoms. The van der Waals surface area contributed by atoms with Crippen LogP contribution >= 0.6 is 0 Å². The average molecular weight is 442 g/mol. The molecule has 0 aliphatic carbocycles. The number of hydrogen-bond donors (Lipinski definition) is 2. The Kier molecular flexibility index (Phi) is 8.13. The van der Waals surface area contributed by atoms with Crippen molar-refractivity contribution in [3.05, 3.63) is 35.7 Å². The first kappa shape index (κ1) is 23.2. The molecule has 9 heteroatoms. The summed E-state index contributed by atoms with van der Waals surface area (Å²) in [4.78, 5) is 23.4. The van der Waals surface area contributed by atoms with Crippen molar-refractivity contribution in [2.24, 2.45) is 0 Å². The Morgan fingerprint density at radius 1 is 1.03 bits per heavy atom. The van der Waals surface area contributed by atoms with Crippen molar-refractivity contribution in [3.8, 4) is 17.2 Å². The molecule has 2 heterocycles. The SMILES string of the molecule is COc1cc(/C=C/C(=O)NCCNc2cc(N3CCCC3)nc(C)n2)cc(OC)c1OC. The van der Waals surface area contributed by atoms with Crippen LogP contribution in [0, 0.1) is 6.92 Å². The van der Waals surface area contributed by atoms with Crippen LogP contribution in [-0.4, -0.2) is 63.4 Å². The topological polar surface area (TPSA) is 97.8 Å². The second-order valence-electron chi connectivity index (χ2n) is 7.36. The third-order valence-corrected chi connectivity index (χ3v) is 5.10. The normalized spacial score (nSPS) is 13.3. The number of aromatic nitrogens is 2. The molecule has 1 saturated heterocycles. The van der Waals surface area contributed by atoms with Crippen LogP contribution in [-0.2, 0) is 4.79 Å². The lowest BCUT2D eigenvalue weighted by Gasteiger charge is -2.17. The molecule has 3 rings (SSSR count). The van der Waals surface area contributed by atoms with Crippen molar-refractivity contribution < 1.29 is 19.0 Å². The molecule has 1 fully saturated rings. The third-order valence-electron chi connectivity index (χ3n) is 5.10. The molecule has 0 atom stereocenters. The minimum absolute atomic E-state index is 0.197. The Hall–Kier alpha value is -3.49. The minimum Gasteiger partial charge on any atom is -0.493 e. The van der Waals surface area contributed by atoms with Crippen molar-refractivity contribution in [2.75, 3.05) is 57.7 Å². The minimum atomic E-state index is -0.197. The summed E-state index contributed by atoms with van der Waals surface area (Å²) >= 11 is 0. The number of rotatable bonds is 10. The zero-order valence-electron chi connectivity index (χ0n) is 19.1. The number of nitrogens with one attached hydrogen (secondary N) is 2. The summed E-state index contributed by atoms with van der Waals surface area (Å²) in [5, 5.41) is 6.12. The van der Waals surface area contributed by atoms with Gasteiger partial charge in [-0.25, -0.2) is 9.97 Å². The van der Waals surface area contributed by atoms with Crippen LogP contribution in [0.2, 0.25) is 0 Å². The molecule has 0 bridgehead atoms. The van der Waals surface area contributed by atoms with Gasteiger partial charge in [-0.1, -0.05) is 0 Å². The molecule has 1 aromatic carbocycles. The molecule has 0 radical (unpaired) electrons. The monoisotopic (exact) mass is 441 g/mol. The molecule has 0 saturated carbocycles. The number of carbonyl (C=O) groups excluding carboxylic acids is 1. The number of nitrogens with zero attached hydrogens (tertiary/aromatic N) is 3. The van der Waals surface area contributed by atoms with Gasteiger partial charge >= 0.3 is 0 Å². The second kappa shape index (κ2) is 11.2. The summed E-state index contributed by atoms with van der Waals surface area (Å²) in [5.41, 5.74) is 0.763. The predicted molar refractivity (Wildman–Crippen MR) is 125 cm³/mol. The van der Waals surface area contributed by atoms with Crippen LogP contribution < -0.4 is 29.7 Å². The molecule has 1 aliphatic rings. The molecule has 2 aromatic rings. The summed E-state index contributed by atoms with van der Waals surface area (Å²) in [6, 6.07) is 5.52. The maximum atomic E-state index is 12.2. The van der Waals surface area contributed by atoms with E-state index >= 15 is 0 Å². The van der Waals surface area contributed by atoms with Gasteiger partial charge in [0.1, 0.15) is 17.5 Å². The highest BCUT2D eigenvalue weighted by atomic mass is 16.5. The first-order valence-electron chi connectivity index (χ1n) is 10.6. The Labute approximate surface area is 188 Å². The summed E-state index contributed by atoms with van der Waals surface area (Å²) < 4.78 is 16.0. The zero-order valence-corrected chi connectivity index (χ0v) is 19.1. The highest BCUT2D eigenvalue weighted by molar-refractivity contribution is 5.91. The van der Waals surface area contributed by atoms with Crippen LogP contribution in [0.1, 0.15) is 24.2 Å². The van der Waals surface area contributed by atoms with Crippen LogP contribution in [0.25, 0.3) is 6.08 Å². The van der Waals surface area contributed by atoms with E-state index < -0.39 is 0 Å². The molecule has 0 unspecified atom stereocenters. The van der Waals surface area contributed by atoms with Gasteiger partial charge in [-0.05, 0) is 43.5 Å². The van der Waals surface area contributed by atoms with Crippen LogP contribution in [0.5, 0.6) is 17.2 Å². The van der Waals surface area contributed by atoms with Crippen LogP contribution in [0.3, 0.4) is 0 Å². The van der Waals surface area contributed by atoms with E-state index in [-0.39, 0.29) is 5.91 Å². The largest absolute Gasteiger partial charge is 0.493 e. The summed E-state index contributed by atoms with van der Waals surface area (Å²) in [5.74, 6) is 3.83. The van der Waals surface area contributed by atoms with E-state index in [2.05, 4.69) is 25.5 Å². The van der Waals surface area contributed by atoms with Gasteiger partial charge in [-0.2, -0.15) is 0 Å². The molecule has 0 spiro atoms. The summed E-state index contributed by atoms with van der Waals surface area (Å²) in [6.07, 6.45) is 5.56. The molecule has 1 aliphatic heterocycles. The average Bonchev–Trinajstić information content (AvgIpc) is 3.34. The van der Waals surface area contributed by atoms with Gasteiger partial charge in [-0.15, -0.1) is 0 Å². The van der Waals surface area contributed by atoms with Gasteiger partial charge in [0.15, 0.2) is 11.5 Å². The van der Waals surface area contributed by atoms with Gasteiger partial charge in [0.05, 0.1) is 21.3 Å². The van der Waals surface area contributed by atoms with Crippen molar-refractivity contribution in [3.63, 3.8) is 0 Å². The van der Waals surface area contributed by atoms with Gasteiger partial charge in [0.2, 0.25) is 11.7 Å². The zero-order chi connectivity index (χ0) is 22.9. The molecular weight excluding hydrogens is 410 g/mol. The number of methoxy groups -OCH3 is 3. The van der Waals surface area contributed by atoms with E-state index in [9.17, 15) is 4.79 Å². The van der Waals surface area contributed by atoms with Crippen molar-refractivity contribution in [1.82, 2.24) is 15.3 Å². The van der Waals surface area contributed by atoms with Crippen molar-refractivity contribution in [2.45, 2.75) is 19.8 Å².